The summed E-state index contributed by atoms with van der Waals surface area (Å²) in [5, 5.41) is 11.3. The first-order valence-electron chi connectivity index (χ1n) is 6.03. The van der Waals surface area contributed by atoms with Gasteiger partial charge >= 0.3 is 5.76 Å². The van der Waals surface area contributed by atoms with Crippen molar-refractivity contribution < 1.29 is 27.0 Å². The molecule has 0 radical (unpaired) electrons. The Hall–Kier alpha value is -1.25. The average Bonchev–Trinajstić information content (AvgIpc) is 2.43. The van der Waals surface area contributed by atoms with Crippen LogP contribution in [0.4, 0.5) is 14.5 Å². The molecule has 0 atom stereocenters. The van der Waals surface area contributed by atoms with Gasteiger partial charge in [0.25, 0.3) is 0 Å². The van der Waals surface area contributed by atoms with Gasteiger partial charge in [0, 0.05) is 13.2 Å². The maximum Gasteiger partial charge on any atom is 0.341 e. The Balaban J connectivity index is 2.63. The monoisotopic (exact) mass is 309 g/mol. The Morgan fingerprint density at radius 2 is 1.95 bits per heavy atom. The number of aliphatic hydroxyl groups excluding tert-OH is 1. The maximum absolute atomic E-state index is 12.5. The number of ether oxygens (including phenoxy) is 1. The van der Waals surface area contributed by atoms with Crippen LogP contribution >= 0.6 is 0 Å². The molecule has 0 aliphatic heterocycles. The summed E-state index contributed by atoms with van der Waals surface area (Å²) in [6, 6.07) is 5.54. The molecular weight excluding hydrogens is 292 g/mol. The zero-order chi connectivity index (χ0) is 15.0. The molecule has 1 aromatic carbocycles. The minimum Gasteiger partial charge on any atom is -0.394 e. The number of hydrogen-bond acceptors (Lipinski definition) is 5. The van der Waals surface area contributed by atoms with Gasteiger partial charge in [-0.1, -0.05) is 12.1 Å². The zero-order valence-corrected chi connectivity index (χ0v) is 11.6. The van der Waals surface area contributed by atoms with Crippen molar-refractivity contribution >= 4 is 15.5 Å². The van der Waals surface area contributed by atoms with Gasteiger partial charge in [-0.25, -0.2) is 8.42 Å². The summed E-state index contributed by atoms with van der Waals surface area (Å²) in [6.07, 6.45) is 0.559. The van der Waals surface area contributed by atoms with Crippen LogP contribution in [-0.4, -0.2) is 45.6 Å². The molecule has 0 aliphatic rings. The van der Waals surface area contributed by atoms with E-state index in [1.54, 1.807) is 6.07 Å². The summed E-state index contributed by atoms with van der Waals surface area (Å²) in [5.74, 6) is -3.45. The molecule has 0 aliphatic carbocycles. The van der Waals surface area contributed by atoms with Crippen LogP contribution in [0.1, 0.15) is 6.42 Å². The van der Waals surface area contributed by atoms with E-state index in [1.807, 2.05) is 0 Å². The largest absolute Gasteiger partial charge is 0.394 e. The predicted octanol–water partition coefficient (Wildman–Crippen LogP) is 1.49. The van der Waals surface area contributed by atoms with Gasteiger partial charge in [-0.3, -0.25) is 0 Å². The molecule has 1 rings (SSSR count). The molecule has 0 bridgehead atoms. The molecule has 0 saturated carbocycles. The van der Waals surface area contributed by atoms with E-state index in [1.165, 1.54) is 12.1 Å². The highest BCUT2D eigenvalue weighted by atomic mass is 32.2. The molecule has 0 unspecified atom stereocenters. The van der Waals surface area contributed by atoms with Gasteiger partial charge in [0.2, 0.25) is 9.84 Å². The van der Waals surface area contributed by atoms with Crippen molar-refractivity contribution in [2.24, 2.45) is 0 Å². The van der Waals surface area contributed by atoms with Crippen molar-refractivity contribution in [2.75, 3.05) is 31.7 Å². The third-order valence-corrected chi connectivity index (χ3v) is 3.88. The lowest BCUT2D eigenvalue weighted by Gasteiger charge is -2.12. The standard InChI is InChI=1S/C12H17F2NO4S/c13-12(14)20(17,18)11-5-2-1-4-10(11)15-6-3-8-19-9-7-16/h1-2,4-5,12,15-16H,3,6-9H2. The number of halogens is 2. The lowest BCUT2D eigenvalue weighted by molar-refractivity contribution is 0.0922. The fraction of sp³-hybridized carbons (Fsp3) is 0.500. The average molecular weight is 309 g/mol. The van der Waals surface area contributed by atoms with Crippen molar-refractivity contribution in [1.82, 2.24) is 0 Å². The topological polar surface area (TPSA) is 75.6 Å². The smallest absolute Gasteiger partial charge is 0.341 e. The van der Waals surface area contributed by atoms with Crippen LogP contribution in [0.5, 0.6) is 0 Å². The minimum absolute atomic E-state index is 0.0666. The highest BCUT2D eigenvalue weighted by Crippen LogP contribution is 2.25. The van der Waals surface area contributed by atoms with E-state index in [-0.39, 0.29) is 18.9 Å². The van der Waals surface area contributed by atoms with E-state index in [9.17, 15) is 17.2 Å². The first-order chi connectivity index (χ1) is 9.50. The number of benzene rings is 1. The molecule has 114 valence electrons. The first-order valence-corrected chi connectivity index (χ1v) is 7.58. The lowest BCUT2D eigenvalue weighted by atomic mass is 10.3. The highest BCUT2D eigenvalue weighted by Gasteiger charge is 2.28. The number of alkyl halides is 2. The number of aliphatic hydroxyl groups is 1. The third-order valence-electron chi connectivity index (χ3n) is 2.44. The Bertz CT molecular complexity index is 508. The molecule has 0 amide bonds. The van der Waals surface area contributed by atoms with Crippen molar-refractivity contribution in [3.05, 3.63) is 24.3 Å². The van der Waals surface area contributed by atoms with Crippen LogP contribution < -0.4 is 5.32 Å². The fourth-order valence-electron chi connectivity index (χ4n) is 1.52. The second-order valence-electron chi connectivity index (χ2n) is 3.92. The number of rotatable bonds is 9. The number of sulfone groups is 1. The molecule has 5 nitrogen and oxygen atoms in total. The Kier molecular flexibility index (Phi) is 6.83. The summed E-state index contributed by atoms with van der Waals surface area (Å²) in [7, 11) is -4.62. The fourth-order valence-corrected chi connectivity index (χ4v) is 2.43. The van der Waals surface area contributed by atoms with Gasteiger partial charge in [-0.2, -0.15) is 8.78 Å². The summed E-state index contributed by atoms with van der Waals surface area (Å²) < 4.78 is 53.1. The third kappa shape index (κ3) is 4.69. The van der Waals surface area contributed by atoms with Gasteiger partial charge in [-0.15, -0.1) is 0 Å². The van der Waals surface area contributed by atoms with Gasteiger partial charge < -0.3 is 15.2 Å². The number of anilines is 1. The molecule has 1 aromatic rings. The molecular formula is C12H17F2NO4S. The Labute approximate surface area is 116 Å². The second kappa shape index (κ2) is 8.13. The Morgan fingerprint density at radius 1 is 1.25 bits per heavy atom. The van der Waals surface area contributed by atoms with Crippen LogP contribution in [0.15, 0.2) is 29.2 Å². The van der Waals surface area contributed by atoms with E-state index in [2.05, 4.69) is 5.32 Å². The Morgan fingerprint density at radius 3 is 2.60 bits per heavy atom. The van der Waals surface area contributed by atoms with Gasteiger partial charge in [0.15, 0.2) is 0 Å². The maximum atomic E-state index is 12.5. The SMILES string of the molecule is O=S(=O)(c1ccccc1NCCCOCCO)C(F)F. The molecule has 0 spiro atoms. The second-order valence-corrected chi connectivity index (χ2v) is 5.80. The van der Waals surface area contributed by atoms with Crippen molar-refractivity contribution in [3.8, 4) is 0 Å². The van der Waals surface area contributed by atoms with Gasteiger partial charge in [0.1, 0.15) is 0 Å². The van der Waals surface area contributed by atoms with Crippen LogP contribution in [-0.2, 0) is 14.6 Å². The molecule has 20 heavy (non-hydrogen) atoms. The molecule has 8 heteroatoms. The number of nitrogens with one attached hydrogen (secondary N) is 1. The van der Waals surface area contributed by atoms with Crippen molar-refractivity contribution in [3.63, 3.8) is 0 Å². The van der Waals surface area contributed by atoms with Crippen LogP contribution in [0.2, 0.25) is 0 Å². The van der Waals surface area contributed by atoms with Crippen molar-refractivity contribution in [1.29, 1.82) is 0 Å². The first kappa shape index (κ1) is 16.8. The number of para-hydroxylation sites is 1. The normalized spacial score (nSPS) is 11.8. The van der Waals surface area contributed by atoms with E-state index in [0.717, 1.165) is 6.07 Å². The van der Waals surface area contributed by atoms with Crippen LogP contribution in [0.3, 0.4) is 0 Å². The quantitative estimate of drug-likeness (QED) is 0.676. The van der Waals surface area contributed by atoms with E-state index in [4.69, 9.17) is 9.84 Å². The lowest BCUT2D eigenvalue weighted by Crippen LogP contribution is -2.15. The van der Waals surface area contributed by atoms with E-state index >= 15 is 0 Å². The molecule has 0 saturated heterocycles. The zero-order valence-electron chi connectivity index (χ0n) is 10.8. The molecule has 0 heterocycles. The predicted molar refractivity (Wildman–Crippen MR) is 70.6 cm³/mol. The number of hydrogen-bond donors (Lipinski definition) is 2. The van der Waals surface area contributed by atoms with Crippen LogP contribution in [0, 0.1) is 0 Å². The molecule has 2 N–H and O–H groups in total. The molecule has 0 fully saturated rings. The summed E-state index contributed by atoms with van der Waals surface area (Å²) in [6.45, 7) is 0.928. The highest BCUT2D eigenvalue weighted by molar-refractivity contribution is 7.91. The minimum atomic E-state index is -4.62. The summed E-state index contributed by atoms with van der Waals surface area (Å²) in [4.78, 5) is -0.411. The van der Waals surface area contributed by atoms with Gasteiger partial charge in [0.05, 0.1) is 23.8 Å². The summed E-state index contributed by atoms with van der Waals surface area (Å²) in [5.41, 5.74) is 0.148. The van der Waals surface area contributed by atoms with Gasteiger partial charge in [-0.05, 0) is 18.6 Å². The van der Waals surface area contributed by atoms with Crippen LogP contribution in [0.25, 0.3) is 0 Å². The van der Waals surface area contributed by atoms with Crippen molar-refractivity contribution in [2.45, 2.75) is 17.1 Å². The van der Waals surface area contributed by atoms with E-state index in [0.29, 0.717) is 19.6 Å². The molecule has 0 aromatic heterocycles. The summed E-state index contributed by atoms with van der Waals surface area (Å²) >= 11 is 0. The van der Waals surface area contributed by atoms with E-state index < -0.39 is 20.5 Å².